The van der Waals surface area contributed by atoms with Crippen molar-refractivity contribution in [2.75, 3.05) is 13.1 Å². The molecular weight excluding hydrogens is 376 g/mol. The maximum Gasteiger partial charge on any atom is 0.290 e. The Morgan fingerprint density at radius 2 is 2.03 bits per heavy atom. The van der Waals surface area contributed by atoms with Crippen LogP contribution in [-0.4, -0.2) is 70.7 Å². The van der Waals surface area contributed by atoms with Crippen molar-refractivity contribution in [2.24, 2.45) is 5.92 Å². The molecule has 4 heterocycles. The predicted octanol–water partition coefficient (Wildman–Crippen LogP) is -0.122. The molecule has 4 unspecified atom stereocenters. The topological polar surface area (TPSA) is 112 Å². The number of carbonyl (C=O) groups is 4. The van der Waals surface area contributed by atoms with Gasteiger partial charge in [0, 0.05) is 25.0 Å². The fraction of sp³-hybridized carbons (Fsp3) is 0.600. The van der Waals surface area contributed by atoms with Gasteiger partial charge in [-0.15, -0.1) is 0 Å². The fourth-order valence-corrected chi connectivity index (χ4v) is 4.89. The predicted molar refractivity (Wildman–Crippen MR) is 99.5 cm³/mol. The smallest absolute Gasteiger partial charge is 0.290 e. The van der Waals surface area contributed by atoms with Crippen molar-refractivity contribution in [3.8, 4) is 0 Å². The highest BCUT2D eigenvalue weighted by Crippen LogP contribution is 2.31. The molecule has 2 N–H and O–H groups in total. The summed E-state index contributed by atoms with van der Waals surface area (Å²) in [4.78, 5) is 54.3. The first kappa shape index (κ1) is 18.2. The van der Waals surface area contributed by atoms with Gasteiger partial charge in [0.25, 0.3) is 5.91 Å². The van der Waals surface area contributed by atoms with E-state index in [9.17, 15) is 19.2 Å². The third-order valence-corrected chi connectivity index (χ3v) is 6.68. The summed E-state index contributed by atoms with van der Waals surface area (Å²) in [5, 5.41) is 5.96. The molecule has 4 amide bonds. The molecule has 0 aromatic carbocycles. The zero-order valence-corrected chi connectivity index (χ0v) is 16.0. The van der Waals surface area contributed by atoms with Crippen LogP contribution in [0.25, 0.3) is 0 Å². The number of nitrogens with zero attached hydrogens (tertiary/aromatic N) is 2. The van der Waals surface area contributed by atoms with Gasteiger partial charge in [-0.1, -0.05) is 6.42 Å². The van der Waals surface area contributed by atoms with Crippen molar-refractivity contribution < 1.29 is 23.6 Å². The van der Waals surface area contributed by atoms with Crippen LogP contribution >= 0.6 is 0 Å². The zero-order valence-electron chi connectivity index (χ0n) is 16.0. The lowest BCUT2D eigenvalue weighted by atomic mass is 9.84. The van der Waals surface area contributed by atoms with Crippen LogP contribution in [0.5, 0.6) is 0 Å². The standard InChI is InChI=1S/C20H24N4O5/c25-17(11-3-1-4-11)21-12-9-14-18(26)22-13-6-7-23(16(13)20(28)24(14)10-12)19(27)15-5-2-8-29-15/h2,5,8,11-14,16H,1,3-4,6-7,9-10H2,(H,21,25)(H,22,26). The molecule has 1 aromatic heterocycles. The van der Waals surface area contributed by atoms with Gasteiger partial charge in [-0.25, -0.2) is 0 Å². The average Bonchev–Trinajstić information content (AvgIpc) is 3.37. The Labute approximate surface area is 167 Å². The van der Waals surface area contributed by atoms with Gasteiger partial charge in [0.05, 0.1) is 12.3 Å². The monoisotopic (exact) mass is 400 g/mol. The maximum atomic E-state index is 13.4. The van der Waals surface area contributed by atoms with E-state index in [-0.39, 0.29) is 41.3 Å². The summed E-state index contributed by atoms with van der Waals surface area (Å²) in [6.45, 7) is 0.669. The van der Waals surface area contributed by atoms with Gasteiger partial charge >= 0.3 is 0 Å². The van der Waals surface area contributed by atoms with E-state index in [0.29, 0.717) is 25.9 Å². The number of fused-ring (bicyclic) bond motifs is 2. The summed E-state index contributed by atoms with van der Waals surface area (Å²) in [5.74, 6) is -0.550. The first-order chi connectivity index (χ1) is 14.0. The molecule has 3 saturated heterocycles. The Kier molecular flexibility index (Phi) is 4.33. The second-order valence-corrected chi connectivity index (χ2v) is 8.40. The van der Waals surface area contributed by atoms with Crippen molar-refractivity contribution in [3.63, 3.8) is 0 Å². The lowest BCUT2D eigenvalue weighted by Gasteiger charge is -2.29. The van der Waals surface area contributed by atoms with Crippen LogP contribution in [0, 0.1) is 5.92 Å². The van der Waals surface area contributed by atoms with E-state index in [1.54, 1.807) is 17.0 Å². The molecule has 9 heteroatoms. The minimum atomic E-state index is -0.748. The first-order valence-corrected chi connectivity index (χ1v) is 10.3. The highest BCUT2D eigenvalue weighted by molar-refractivity contribution is 5.99. The van der Waals surface area contributed by atoms with E-state index in [1.165, 1.54) is 11.2 Å². The molecule has 154 valence electrons. The quantitative estimate of drug-likeness (QED) is 0.735. The van der Waals surface area contributed by atoms with E-state index < -0.39 is 18.1 Å². The lowest BCUT2D eigenvalue weighted by molar-refractivity contribution is -0.138. The number of carbonyl (C=O) groups excluding carboxylic acids is 4. The highest BCUT2D eigenvalue weighted by atomic mass is 16.3. The van der Waals surface area contributed by atoms with Crippen LogP contribution in [0.3, 0.4) is 0 Å². The first-order valence-electron chi connectivity index (χ1n) is 10.3. The third kappa shape index (κ3) is 2.99. The Hall–Kier alpha value is -2.84. The van der Waals surface area contributed by atoms with E-state index in [2.05, 4.69) is 10.6 Å². The minimum Gasteiger partial charge on any atom is -0.459 e. The number of hydrogen-bond acceptors (Lipinski definition) is 5. The minimum absolute atomic E-state index is 0.0140. The molecule has 4 fully saturated rings. The summed E-state index contributed by atoms with van der Waals surface area (Å²) in [6.07, 6.45) is 5.22. The normalized spacial score (nSPS) is 31.6. The molecule has 29 heavy (non-hydrogen) atoms. The van der Waals surface area contributed by atoms with Crippen molar-refractivity contribution in [1.82, 2.24) is 20.4 Å². The van der Waals surface area contributed by atoms with Crippen LogP contribution < -0.4 is 10.6 Å². The number of hydrogen-bond donors (Lipinski definition) is 2. The number of furan rings is 1. The SMILES string of the molecule is O=C(NC1CC2C(=O)NC3CCN(C(=O)c4ccco4)C3C(=O)N2C1)C1CCC1. The molecule has 0 radical (unpaired) electrons. The van der Waals surface area contributed by atoms with Gasteiger partial charge in [-0.3, -0.25) is 19.2 Å². The molecule has 4 aliphatic rings. The number of rotatable bonds is 3. The van der Waals surface area contributed by atoms with Crippen molar-refractivity contribution >= 4 is 23.6 Å². The molecule has 3 aliphatic heterocycles. The molecule has 0 spiro atoms. The molecule has 1 aromatic rings. The summed E-state index contributed by atoms with van der Waals surface area (Å²) < 4.78 is 5.21. The second-order valence-electron chi connectivity index (χ2n) is 8.40. The van der Waals surface area contributed by atoms with Gasteiger partial charge in [0.2, 0.25) is 17.7 Å². The third-order valence-electron chi connectivity index (χ3n) is 6.68. The van der Waals surface area contributed by atoms with E-state index in [1.807, 2.05) is 0 Å². The summed E-state index contributed by atoms with van der Waals surface area (Å²) in [6, 6.07) is 1.20. The highest BCUT2D eigenvalue weighted by Gasteiger charge is 2.52. The van der Waals surface area contributed by atoms with Gasteiger partial charge < -0.3 is 24.9 Å². The van der Waals surface area contributed by atoms with Gasteiger partial charge in [-0.05, 0) is 37.8 Å². The van der Waals surface area contributed by atoms with Crippen LogP contribution in [0.4, 0.5) is 0 Å². The van der Waals surface area contributed by atoms with E-state index >= 15 is 0 Å². The van der Waals surface area contributed by atoms with Crippen LogP contribution in [0.15, 0.2) is 22.8 Å². The number of likely N-dealkylation sites (tertiary alicyclic amines) is 1. The largest absolute Gasteiger partial charge is 0.459 e. The summed E-state index contributed by atoms with van der Waals surface area (Å²) >= 11 is 0. The second kappa shape index (κ2) is 6.89. The van der Waals surface area contributed by atoms with E-state index in [4.69, 9.17) is 4.42 Å². The number of amides is 4. The Balaban J connectivity index is 1.34. The molecule has 5 rings (SSSR count). The van der Waals surface area contributed by atoms with Gasteiger partial charge in [0.15, 0.2) is 5.76 Å². The van der Waals surface area contributed by atoms with Crippen molar-refractivity contribution in [3.05, 3.63) is 24.2 Å². The van der Waals surface area contributed by atoms with Gasteiger partial charge in [0.1, 0.15) is 12.1 Å². The maximum absolute atomic E-state index is 13.4. The molecule has 1 saturated carbocycles. The van der Waals surface area contributed by atoms with Gasteiger partial charge in [-0.2, -0.15) is 0 Å². The molecule has 1 aliphatic carbocycles. The Morgan fingerprint density at radius 3 is 2.72 bits per heavy atom. The number of nitrogens with one attached hydrogen (secondary N) is 2. The van der Waals surface area contributed by atoms with Crippen LogP contribution in [0.2, 0.25) is 0 Å². The molecular formula is C20H24N4O5. The molecule has 0 bridgehead atoms. The molecule has 4 atom stereocenters. The zero-order chi connectivity index (χ0) is 20.1. The average molecular weight is 400 g/mol. The fourth-order valence-electron chi connectivity index (χ4n) is 4.89. The Bertz CT molecular complexity index is 849. The van der Waals surface area contributed by atoms with Crippen molar-refractivity contribution in [2.45, 2.75) is 56.3 Å². The summed E-state index contributed by atoms with van der Waals surface area (Å²) in [5.41, 5.74) is 0. The van der Waals surface area contributed by atoms with Crippen LogP contribution in [0.1, 0.15) is 42.7 Å². The van der Waals surface area contributed by atoms with Crippen molar-refractivity contribution in [1.29, 1.82) is 0 Å². The molecule has 9 nitrogen and oxygen atoms in total. The Morgan fingerprint density at radius 1 is 1.21 bits per heavy atom. The lowest BCUT2D eigenvalue weighted by Crippen LogP contribution is -2.52. The van der Waals surface area contributed by atoms with E-state index in [0.717, 1.165) is 19.3 Å². The van der Waals surface area contributed by atoms with Crippen LogP contribution in [-0.2, 0) is 14.4 Å². The summed E-state index contributed by atoms with van der Waals surface area (Å²) in [7, 11) is 0.